The first-order chi connectivity index (χ1) is 4.41. The molecule has 0 atom stereocenters. The molecule has 0 amide bonds. The van der Waals surface area contributed by atoms with Gasteiger partial charge in [0.1, 0.15) is 6.29 Å². The van der Waals surface area contributed by atoms with Gasteiger partial charge >= 0.3 is 0 Å². The summed E-state index contributed by atoms with van der Waals surface area (Å²) in [5.41, 5.74) is 2.58. The first kappa shape index (κ1) is 8.88. The zero-order valence-corrected chi connectivity index (χ0v) is 5.86. The van der Waals surface area contributed by atoms with Crippen LogP contribution in [0.3, 0.4) is 0 Å². The zero-order valence-electron chi connectivity index (χ0n) is 5.10. The van der Waals surface area contributed by atoms with E-state index in [1.165, 1.54) is 0 Å². The van der Waals surface area contributed by atoms with Crippen molar-refractivity contribution in [3.63, 3.8) is 0 Å². The van der Waals surface area contributed by atoms with Crippen LogP contribution in [0.15, 0.2) is 0 Å². The molecule has 54 valence electrons. The molecule has 4 heteroatoms. The van der Waals surface area contributed by atoms with Gasteiger partial charge in [0.15, 0.2) is 0 Å². The number of hydroxylamine groups is 1. The number of alkyl halides is 1. The smallest absolute Gasteiger partial charge is 0.122 e. The molecule has 1 N–H and O–H groups in total. The predicted octanol–water partition coefficient (Wildman–Crippen LogP) is 0.335. The molecule has 0 aromatic rings. The lowest BCUT2D eigenvalue weighted by atomic mass is 10.5. The van der Waals surface area contributed by atoms with Crippen LogP contribution in [0.5, 0.6) is 0 Å². The van der Waals surface area contributed by atoms with Gasteiger partial charge < -0.3 is 9.63 Å². The Balaban J connectivity index is 2.66. The van der Waals surface area contributed by atoms with E-state index in [0.29, 0.717) is 25.5 Å². The summed E-state index contributed by atoms with van der Waals surface area (Å²) in [4.78, 5) is 14.5. The highest BCUT2D eigenvalue weighted by Gasteiger charge is 1.83. The Hall–Kier alpha value is -0.120. The van der Waals surface area contributed by atoms with Crippen LogP contribution < -0.4 is 5.48 Å². The van der Waals surface area contributed by atoms with Crippen LogP contribution in [0.2, 0.25) is 0 Å². The van der Waals surface area contributed by atoms with Gasteiger partial charge in [0.05, 0.1) is 6.61 Å². The molecule has 0 rings (SSSR count). The molecule has 0 unspecified atom stereocenters. The molecule has 0 saturated heterocycles. The number of carbonyl (C=O) groups excluding carboxylic acids is 1. The van der Waals surface area contributed by atoms with Gasteiger partial charge in [0.2, 0.25) is 0 Å². The molecule has 0 aromatic carbocycles. The van der Waals surface area contributed by atoms with Crippen molar-refractivity contribution in [2.45, 2.75) is 6.42 Å². The second kappa shape index (κ2) is 7.88. The number of hydrogen-bond acceptors (Lipinski definition) is 3. The van der Waals surface area contributed by atoms with Gasteiger partial charge in [0, 0.05) is 18.8 Å². The van der Waals surface area contributed by atoms with Crippen molar-refractivity contribution >= 4 is 17.9 Å². The van der Waals surface area contributed by atoms with Crippen molar-refractivity contribution in [1.82, 2.24) is 5.48 Å². The lowest BCUT2D eigenvalue weighted by molar-refractivity contribution is -0.109. The molecular weight excluding hydrogens is 142 g/mol. The molecule has 0 aromatic heterocycles. The first-order valence-electron chi connectivity index (χ1n) is 2.76. The van der Waals surface area contributed by atoms with E-state index in [0.717, 1.165) is 6.29 Å². The molecule has 9 heavy (non-hydrogen) atoms. The molecule has 0 heterocycles. The predicted molar refractivity (Wildman–Crippen MR) is 35.4 cm³/mol. The van der Waals surface area contributed by atoms with Crippen LogP contribution in [0.1, 0.15) is 6.42 Å². The topological polar surface area (TPSA) is 38.3 Å². The van der Waals surface area contributed by atoms with Crippen LogP contribution in [0, 0.1) is 0 Å². The number of nitrogens with one attached hydrogen (secondary N) is 1. The van der Waals surface area contributed by atoms with Crippen molar-refractivity contribution in [1.29, 1.82) is 0 Å². The zero-order chi connectivity index (χ0) is 6.95. The lowest BCUT2D eigenvalue weighted by Crippen LogP contribution is -2.17. The third-order valence-electron chi connectivity index (χ3n) is 0.636. The summed E-state index contributed by atoms with van der Waals surface area (Å²) in [6, 6.07) is 0. The second-order valence-electron chi connectivity index (χ2n) is 1.39. The first-order valence-corrected chi connectivity index (χ1v) is 3.29. The molecule has 0 fully saturated rings. The van der Waals surface area contributed by atoms with Crippen LogP contribution >= 0.6 is 11.6 Å². The van der Waals surface area contributed by atoms with Crippen molar-refractivity contribution in [2.24, 2.45) is 0 Å². The number of carbonyl (C=O) groups is 1. The summed E-state index contributed by atoms with van der Waals surface area (Å²) >= 11 is 5.30. The SMILES string of the molecule is O=CCCONCCCl. The fourth-order valence-electron chi connectivity index (χ4n) is 0.290. The van der Waals surface area contributed by atoms with E-state index in [1.807, 2.05) is 0 Å². The van der Waals surface area contributed by atoms with Crippen molar-refractivity contribution < 1.29 is 9.63 Å². The van der Waals surface area contributed by atoms with Gasteiger partial charge in [-0.05, 0) is 0 Å². The van der Waals surface area contributed by atoms with Gasteiger partial charge in [-0.25, -0.2) is 5.48 Å². The molecule has 0 aliphatic carbocycles. The highest BCUT2D eigenvalue weighted by atomic mass is 35.5. The quantitative estimate of drug-likeness (QED) is 0.258. The Morgan fingerprint density at radius 1 is 1.67 bits per heavy atom. The van der Waals surface area contributed by atoms with Gasteiger partial charge in [-0.2, -0.15) is 0 Å². The van der Waals surface area contributed by atoms with Crippen LogP contribution in [0.25, 0.3) is 0 Å². The number of rotatable bonds is 6. The minimum Gasteiger partial charge on any atom is -0.303 e. The molecule has 0 radical (unpaired) electrons. The molecule has 0 spiro atoms. The van der Waals surface area contributed by atoms with Crippen LogP contribution in [-0.2, 0) is 9.63 Å². The van der Waals surface area contributed by atoms with E-state index in [2.05, 4.69) is 5.48 Å². The summed E-state index contributed by atoms with van der Waals surface area (Å²) in [5, 5.41) is 0. The standard InChI is InChI=1S/C5H10ClNO2/c6-2-3-7-9-5-1-4-8/h4,7H,1-3,5H2. The minimum absolute atomic E-state index is 0.417. The Bertz CT molecular complexity index is 70.0. The summed E-state index contributed by atoms with van der Waals surface area (Å²) in [7, 11) is 0. The van der Waals surface area contributed by atoms with Gasteiger partial charge in [-0.1, -0.05) is 0 Å². The Kier molecular flexibility index (Phi) is 7.77. The van der Waals surface area contributed by atoms with Gasteiger partial charge in [-0.15, -0.1) is 11.6 Å². The average Bonchev–Trinajstić information content (AvgIpc) is 1.89. The maximum absolute atomic E-state index is 9.70. The average molecular weight is 152 g/mol. The summed E-state index contributed by atoms with van der Waals surface area (Å²) in [6.07, 6.45) is 1.23. The van der Waals surface area contributed by atoms with Crippen molar-refractivity contribution in [3.8, 4) is 0 Å². The number of aldehydes is 1. The van der Waals surface area contributed by atoms with E-state index in [-0.39, 0.29) is 0 Å². The Labute approximate surface area is 59.3 Å². The second-order valence-corrected chi connectivity index (χ2v) is 1.77. The molecule has 0 saturated carbocycles. The Morgan fingerprint density at radius 3 is 3.00 bits per heavy atom. The molecule has 0 aliphatic rings. The van der Waals surface area contributed by atoms with Crippen LogP contribution in [0.4, 0.5) is 0 Å². The molecule has 0 bridgehead atoms. The summed E-state index contributed by atoms with van der Waals surface area (Å²) in [5.74, 6) is 0.515. The maximum Gasteiger partial charge on any atom is 0.122 e. The summed E-state index contributed by atoms with van der Waals surface area (Å²) in [6.45, 7) is 1.03. The minimum atomic E-state index is 0.417. The lowest BCUT2D eigenvalue weighted by Gasteiger charge is -1.99. The molecular formula is C5H10ClNO2. The fraction of sp³-hybridized carbons (Fsp3) is 0.800. The van der Waals surface area contributed by atoms with E-state index < -0.39 is 0 Å². The third kappa shape index (κ3) is 7.88. The molecule has 0 aliphatic heterocycles. The highest BCUT2D eigenvalue weighted by molar-refractivity contribution is 6.18. The van der Waals surface area contributed by atoms with Gasteiger partial charge in [-0.3, -0.25) is 0 Å². The Morgan fingerprint density at radius 2 is 2.44 bits per heavy atom. The van der Waals surface area contributed by atoms with Crippen molar-refractivity contribution in [3.05, 3.63) is 0 Å². The van der Waals surface area contributed by atoms with Gasteiger partial charge in [0.25, 0.3) is 0 Å². The highest BCUT2D eigenvalue weighted by Crippen LogP contribution is 1.74. The molecule has 3 nitrogen and oxygen atoms in total. The van der Waals surface area contributed by atoms with E-state index in [9.17, 15) is 4.79 Å². The third-order valence-corrected chi connectivity index (χ3v) is 0.825. The monoisotopic (exact) mass is 151 g/mol. The maximum atomic E-state index is 9.70. The number of halogens is 1. The van der Waals surface area contributed by atoms with E-state index in [4.69, 9.17) is 16.4 Å². The largest absolute Gasteiger partial charge is 0.303 e. The van der Waals surface area contributed by atoms with E-state index >= 15 is 0 Å². The van der Waals surface area contributed by atoms with Crippen LogP contribution in [-0.4, -0.2) is 25.3 Å². The normalized spacial score (nSPS) is 9.44. The van der Waals surface area contributed by atoms with Crippen molar-refractivity contribution in [2.75, 3.05) is 19.0 Å². The fourth-order valence-corrected chi connectivity index (χ4v) is 0.367. The number of hydrogen-bond donors (Lipinski definition) is 1. The summed E-state index contributed by atoms with van der Waals surface area (Å²) < 4.78 is 0. The van der Waals surface area contributed by atoms with E-state index in [1.54, 1.807) is 0 Å².